The van der Waals surface area contributed by atoms with E-state index in [1.54, 1.807) is 0 Å². The molecule has 0 spiro atoms. The number of rotatable bonds is 2. The van der Waals surface area contributed by atoms with E-state index in [2.05, 4.69) is 15.8 Å². The molecule has 2 aromatic rings. The van der Waals surface area contributed by atoms with E-state index in [9.17, 15) is 18.0 Å². The first kappa shape index (κ1) is 12.2. The molecule has 1 aromatic carbocycles. The van der Waals surface area contributed by atoms with E-state index >= 15 is 0 Å². The predicted molar refractivity (Wildman–Crippen MR) is 55.8 cm³/mol. The smallest absolute Gasteiger partial charge is 0.406 e. The zero-order valence-electron chi connectivity index (χ0n) is 8.78. The number of nitrogens with two attached hydrogens (primary N) is 1. The maximum absolute atomic E-state index is 12.0. The first-order valence-corrected chi connectivity index (χ1v) is 4.73. The van der Waals surface area contributed by atoms with Gasteiger partial charge in [0.25, 0.3) is 5.91 Å². The summed E-state index contributed by atoms with van der Waals surface area (Å²) in [5, 5.41) is 0.363. The van der Waals surface area contributed by atoms with Crippen molar-refractivity contribution < 1.29 is 22.7 Å². The Morgan fingerprint density at radius 3 is 2.72 bits per heavy atom. The molecule has 7 heteroatoms. The summed E-state index contributed by atoms with van der Waals surface area (Å²) in [7, 11) is 0. The fourth-order valence-corrected chi connectivity index (χ4v) is 1.37. The van der Waals surface area contributed by atoms with Crippen LogP contribution in [0.4, 0.5) is 13.2 Å². The van der Waals surface area contributed by atoms with Crippen LogP contribution in [0.5, 0.6) is 5.75 Å². The summed E-state index contributed by atoms with van der Waals surface area (Å²) in [6, 6.07) is 7.37. The maximum atomic E-state index is 12.0. The van der Waals surface area contributed by atoms with Crippen molar-refractivity contribution >= 4 is 16.8 Å². The molecule has 0 fully saturated rings. The molecule has 0 atom stereocenters. The lowest BCUT2D eigenvalue weighted by molar-refractivity contribution is -0.274. The number of halogens is 3. The van der Waals surface area contributed by atoms with Crippen molar-refractivity contribution in [2.45, 2.75) is 6.36 Å². The third kappa shape index (κ3) is 2.68. The van der Waals surface area contributed by atoms with Gasteiger partial charge in [0.2, 0.25) is 0 Å². The standard InChI is InChI=1S/C11H6F3N2O2/c12-11(13,14)18-7-2-4-8-6(5-7)1-3-9(16-8)10(15)17/h1-3,5H,(H2,15,17). The summed E-state index contributed by atoms with van der Waals surface area (Å²) in [5.74, 6) is -1.12. The molecule has 2 N–H and O–H groups in total. The van der Waals surface area contributed by atoms with Crippen LogP contribution >= 0.6 is 0 Å². The van der Waals surface area contributed by atoms with Crippen molar-refractivity contribution in [3.8, 4) is 5.75 Å². The number of primary amides is 1. The van der Waals surface area contributed by atoms with E-state index in [4.69, 9.17) is 5.73 Å². The molecule has 93 valence electrons. The van der Waals surface area contributed by atoms with Gasteiger partial charge in [0.1, 0.15) is 11.4 Å². The lowest BCUT2D eigenvalue weighted by Crippen LogP contribution is -2.17. The first-order chi connectivity index (χ1) is 8.35. The van der Waals surface area contributed by atoms with Gasteiger partial charge < -0.3 is 10.5 Å². The number of alkyl halides is 3. The highest BCUT2D eigenvalue weighted by atomic mass is 19.4. The number of hydrogen-bond donors (Lipinski definition) is 1. The molecule has 18 heavy (non-hydrogen) atoms. The van der Waals surface area contributed by atoms with E-state index in [1.807, 2.05) is 0 Å². The van der Waals surface area contributed by atoms with Gasteiger partial charge >= 0.3 is 6.36 Å². The molecule has 0 saturated heterocycles. The number of benzene rings is 1. The van der Waals surface area contributed by atoms with Gasteiger partial charge in [-0.05, 0) is 18.2 Å². The molecule has 4 nitrogen and oxygen atoms in total. The number of carbonyl (C=O) groups is 1. The van der Waals surface area contributed by atoms with Crippen molar-refractivity contribution in [3.63, 3.8) is 0 Å². The second-order valence-electron chi connectivity index (χ2n) is 3.38. The topological polar surface area (TPSA) is 65.2 Å². The molecular formula is C11H6F3N2O2. The summed E-state index contributed by atoms with van der Waals surface area (Å²) in [5.41, 5.74) is 5.28. The Hall–Kier alpha value is -2.31. The van der Waals surface area contributed by atoms with Gasteiger partial charge in [-0.3, -0.25) is 4.79 Å². The fourth-order valence-electron chi connectivity index (χ4n) is 1.37. The van der Waals surface area contributed by atoms with Gasteiger partial charge in [-0.2, -0.15) is 0 Å². The van der Waals surface area contributed by atoms with Crippen molar-refractivity contribution in [1.82, 2.24) is 4.98 Å². The average molecular weight is 255 g/mol. The summed E-state index contributed by atoms with van der Waals surface area (Å²) in [6.45, 7) is 0. The summed E-state index contributed by atoms with van der Waals surface area (Å²) >= 11 is 0. The average Bonchev–Trinajstić information content (AvgIpc) is 2.26. The number of ether oxygens (including phenoxy) is 1. The second kappa shape index (κ2) is 4.17. The van der Waals surface area contributed by atoms with Crippen LogP contribution in [0.25, 0.3) is 10.9 Å². The summed E-state index contributed by atoms with van der Waals surface area (Å²) in [6.07, 6.45) is -4.76. The third-order valence-corrected chi connectivity index (χ3v) is 2.06. The highest BCUT2D eigenvalue weighted by Gasteiger charge is 2.31. The quantitative estimate of drug-likeness (QED) is 0.892. The lowest BCUT2D eigenvalue weighted by atomic mass is 10.2. The third-order valence-electron chi connectivity index (χ3n) is 2.06. The maximum Gasteiger partial charge on any atom is 0.573 e. The van der Waals surface area contributed by atoms with Gasteiger partial charge in [0.15, 0.2) is 0 Å². The normalized spacial score (nSPS) is 11.5. The zero-order chi connectivity index (χ0) is 13.3. The van der Waals surface area contributed by atoms with Crippen molar-refractivity contribution in [2.75, 3.05) is 0 Å². The van der Waals surface area contributed by atoms with Crippen molar-refractivity contribution in [2.24, 2.45) is 5.73 Å². The van der Waals surface area contributed by atoms with Crippen molar-refractivity contribution in [3.05, 3.63) is 36.0 Å². The molecule has 0 aliphatic rings. The van der Waals surface area contributed by atoms with Crippen LogP contribution in [-0.2, 0) is 0 Å². The molecule has 2 rings (SSSR count). The molecule has 1 aromatic heterocycles. The molecule has 0 aliphatic heterocycles. The molecule has 0 unspecified atom stereocenters. The molecule has 1 heterocycles. The monoisotopic (exact) mass is 255 g/mol. The second-order valence-corrected chi connectivity index (χ2v) is 3.38. The van der Waals surface area contributed by atoms with Crippen LogP contribution < -0.4 is 10.5 Å². The van der Waals surface area contributed by atoms with Gasteiger partial charge in [-0.25, -0.2) is 4.98 Å². The van der Waals surface area contributed by atoms with Crippen molar-refractivity contribution in [1.29, 1.82) is 0 Å². The van der Waals surface area contributed by atoms with E-state index < -0.39 is 18.0 Å². The Kier molecular flexibility index (Phi) is 2.82. The Morgan fingerprint density at radius 1 is 1.39 bits per heavy atom. The fraction of sp³-hybridized carbons (Fsp3) is 0.0909. The van der Waals surface area contributed by atoms with E-state index in [1.165, 1.54) is 12.1 Å². The number of amides is 1. The number of aromatic nitrogens is 1. The number of fused-ring (bicyclic) bond motifs is 1. The number of carbonyl (C=O) groups excluding carboxylic acids is 1. The van der Waals surface area contributed by atoms with E-state index in [0.717, 1.165) is 12.1 Å². The predicted octanol–water partition coefficient (Wildman–Crippen LogP) is 2.03. The minimum Gasteiger partial charge on any atom is -0.406 e. The van der Waals surface area contributed by atoms with Crippen LogP contribution in [0.3, 0.4) is 0 Å². The lowest BCUT2D eigenvalue weighted by Gasteiger charge is -2.09. The van der Waals surface area contributed by atoms with Gasteiger partial charge in [-0.1, -0.05) is 6.07 Å². The molecular weight excluding hydrogens is 249 g/mol. The largest absolute Gasteiger partial charge is 0.573 e. The number of pyridine rings is 1. The Bertz CT molecular complexity index is 611. The first-order valence-electron chi connectivity index (χ1n) is 4.73. The zero-order valence-corrected chi connectivity index (χ0v) is 8.78. The number of nitrogens with zero attached hydrogens (tertiary/aromatic N) is 1. The van der Waals surface area contributed by atoms with Gasteiger partial charge in [0.05, 0.1) is 5.52 Å². The SMILES string of the molecule is NC(=O)c1ccc2cc(OC(F)(F)F)c[c]c2n1. The van der Waals surface area contributed by atoms with E-state index in [-0.39, 0.29) is 11.2 Å². The van der Waals surface area contributed by atoms with E-state index in [0.29, 0.717) is 5.39 Å². The molecule has 1 radical (unpaired) electrons. The van der Waals surface area contributed by atoms with Gasteiger partial charge in [-0.15, -0.1) is 13.2 Å². The van der Waals surface area contributed by atoms with Gasteiger partial charge in [0, 0.05) is 11.5 Å². The highest BCUT2D eigenvalue weighted by Crippen LogP contribution is 2.25. The minimum absolute atomic E-state index is 0.0169. The van der Waals surface area contributed by atoms with Crippen LogP contribution in [0.15, 0.2) is 24.3 Å². The minimum atomic E-state index is -4.76. The highest BCUT2D eigenvalue weighted by molar-refractivity contribution is 5.93. The number of hydrogen-bond acceptors (Lipinski definition) is 3. The van der Waals surface area contributed by atoms with Crippen LogP contribution in [-0.4, -0.2) is 17.3 Å². The Morgan fingerprint density at radius 2 is 2.11 bits per heavy atom. The molecule has 0 aliphatic carbocycles. The Labute approximate surface area is 99.2 Å². The Balaban J connectivity index is 2.41. The molecule has 0 bridgehead atoms. The molecule has 1 amide bonds. The van der Waals surface area contributed by atoms with Crippen LogP contribution in [0.1, 0.15) is 10.5 Å². The van der Waals surface area contributed by atoms with Crippen LogP contribution in [0, 0.1) is 6.07 Å². The summed E-state index contributed by atoms with van der Waals surface area (Å²) in [4.78, 5) is 14.7. The molecule has 0 saturated carbocycles. The summed E-state index contributed by atoms with van der Waals surface area (Å²) < 4.78 is 39.7. The van der Waals surface area contributed by atoms with Crippen LogP contribution in [0.2, 0.25) is 0 Å².